The third-order valence-electron chi connectivity index (χ3n) is 3.93. The number of likely N-dealkylation sites (tertiary alicyclic amines) is 1. The standard InChI is InChI=1S/C16H23ClN2O/c1-12-5-4-10-19(11-12)16(20)8-9-18-15-7-3-6-14(17)13(15)2/h3,6-7,12,18H,4-5,8-11H2,1-2H3. The molecular weight excluding hydrogens is 272 g/mol. The number of nitrogens with zero attached hydrogens (tertiary/aromatic N) is 1. The number of benzene rings is 1. The number of anilines is 1. The molecule has 110 valence electrons. The predicted molar refractivity (Wildman–Crippen MR) is 84.3 cm³/mol. The Morgan fingerprint density at radius 1 is 1.50 bits per heavy atom. The quantitative estimate of drug-likeness (QED) is 0.918. The molecule has 0 radical (unpaired) electrons. The zero-order valence-corrected chi connectivity index (χ0v) is 13.0. The van der Waals surface area contributed by atoms with E-state index < -0.39 is 0 Å². The van der Waals surface area contributed by atoms with E-state index in [2.05, 4.69) is 12.2 Å². The van der Waals surface area contributed by atoms with E-state index in [1.54, 1.807) is 0 Å². The molecule has 1 aliphatic heterocycles. The van der Waals surface area contributed by atoms with Gasteiger partial charge in [0.15, 0.2) is 0 Å². The second-order valence-corrected chi connectivity index (χ2v) is 6.08. The van der Waals surface area contributed by atoms with E-state index >= 15 is 0 Å². The Labute approximate surface area is 126 Å². The summed E-state index contributed by atoms with van der Waals surface area (Å²) in [5.74, 6) is 0.888. The van der Waals surface area contributed by atoms with E-state index in [9.17, 15) is 4.79 Å². The van der Waals surface area contributed by atoms with E-state index in [0.717, 1.165) is 35.8 Å². The molecule has 0 aliphatic carbocycles. The Morgan fingerprint density at radius 2 is 2.30 bits per heavy atom. The van der Waals surface area contributed by atoms with Gasteiger partial charge in [0.25, 0.3) is 0 Å². The molecule has 3 nitrogen and oxygen atoms in total. The molecule has 1 saturated heterocycles. The van der Waals surface area contributed by atoms with Crippen molar-refractivity contribution in [2.75, 3.05) is 25.0 Å². The van der Waals surface area contributed by atoms with Crippen LogP contribution in [0.5, 0.6) is 0 Å². The Bertz CT molecular complexity index is 476. The topological polar surface area (TPSA) is 32.3 Å². The van der Waals surface area contributed by atoms with Crippen LogP contribution in [0, 0.1) is 12.8 Å². The first-order chi connectivity index (χ1) is 9.58. The lowest BCUT2D eigenvalue weighted by Crippen LogP contribution is -2.39. The van der Waals surface area contributed by atoms with Gasteiger partial charge in [-0.3, -0.25) is 4.79 Å². The van der Waals surface area contributed by atoms with Crippen LogP contribution >= 0.6 is 11.6 Å². The molecule has 1 aliphatic rings. The Kier molecular flexibility index (Phi) is 5.30. The highest BCUT2D eigenvalue weighted by Crippen LogP contribution is 2.23. The van der Waals surface area contributed by atoms with Gasteiger partial charge < -0.3 is 10.2 Å². The molecule has 0 bridgehead atoms. The molecule has 1 unspecified atom stereocenters. The fraction of sp³-hybridized carbons (Fsp3) is 0.562. The summed E-state index contributed by atoms with van der Waals surface area (Å²) in [6, 6.07) is 5.79. The summed E-state index contributed by atoms with van der Waals surface area (Å²) in [5, 5.41) is 4.06. The molecule has 4 heteroatoms. The van der Waals surface area contributed by atoms with Crippen molar-refractivity contribution in [2.24, 2.45) is 5.92 Å². The van der Waals surface area contributed by atoms with Crippen LogP contribution in [0.3, 0.4) is 0 Å². The van der Waals surface area contributed by atoms with Crippen LogP contribution in [-0.2, 0) is 4.79 Å². The largest absolute Gasteiger partial charge is 0.384 e. The minimum atomic E-state index is 0.253. The van der Waals surface area contributed by atoms with Crippen LogP contribution in [-0.4, -0.2) is 30.4 Å². The summed E-state index contributed by atoms with van der Waals surface area (Å²) in [7, 11) is 0. The highest BCUT2D eigenvalue weighted by Gasteiger charge is 2.20. The third-order valence-corrected chi connectivity index (χ3v) is 4.34. The second kappa shape index (κ2) is 6.98. The summed E-state index contributed by atoms with van der Waals surface area (Å²) in [5.41, 5.74) is 2.05. The van der Waals surface area contributed by atoms with Gasteiger partial charge in [-0.25, -0.2) is 0 Å². The molecular formula is C16H23ClN2O. The van der Waals surface area contributed by atoms with E-state index in [4.69, 9.17) is 11.6 Å². The number of hydrogen-bond donors (Lipinski definition) is 1. The molecule has 1 N–H and O–H groups in total. The first-order valence-corrected chi connectivity index (χ1v) is 7.72. The molecule has 20 heavy (non-hydrogen) atoms. The maximum Gasteiger partial charge on any atom is 0.224 e. The first kappa shape index (κ1) is 15.2. The van der Waals surface area contributed by atoms with Crippen molar-refractivity contribution in [2.45, 2.75) is 33.1 Å². The van der Waals surface area contributed by atoms with Gasteiger partial charge in [0, 0.05) is 36.8 Å². The summed E-state index contributed by atoms with van der Waals surface area (Å²) in [6.45, 7) is 6.69. The molecule has 2 rings (SSSR count). The lowest BCUT2D eigenvalue weighted by atomic mass is 10.00. The maximum absolute atomic E-state index is 12.1. The highest BCUT2D eigenvalue weighted by atomic mass is 35.5. The number of amides is 1. The van der Waals surface area contributed by atoms with Gasteiger partial charge in [0.05, 0.1) is 0 Å². The van der Waals surface area contributed by atoms with Gasteiger partial charge >= 0.3 is 0 Å². The van der Waals surface area contributed by atoms with Gasteiger partial charge in [0.2, 0.25) is 5.91 Å². The fourth-order valence-electron chi connectivity index (χ4n) is 2.68. The molecule has 1 amide bonds. The number of rotatable bonds is 4. The van der Waals surface area contributed by atoms with Crippen molar-refractivity contribution < 1.29 is 4.79 Å². The third kappa shape index (κ3) is 3.89. The Hall–Kier alpha value is -1.22. The smallest absolute Gasteiger partial charge is 0.224 e. The lowest BCUT2D eigenvalue weighted by Gasteiger charge is -2.31. The lowest BCUT2D eigenvalue weighted by molar-refractivity contribution is -0.132. The van der Waals surface area contributed by atoms with Crippen molar-refractivity contribution in [3.05, 3.63) is 28.8 Å². The first-order valence-electron chi connectivity index (χ1n) is 7.34. The summed E-state index contributed by atoms with van der Waals surface area (Å²) in [6.07, 6.45) is 2.91. The van der Waals surface area contributed by atoms with Crippen molar-refractivity contribution in [1.82, 2.24) is 4.90 Å². The van der Waals surface area contributed by atoms with Crippen LogP contribution in [0.4, 0.5) is 5.69 Å². The van der Waals surface area contributed by atoms with E-state index in [0.29, 0.717) is 18.9 Å². The molecule has 1 atom stereocenters. The zero-order chi connectivity index (χ0) is 14.5. The number of halogens is 1. The van der Waals surface area contributed by atoms with E-state index in [1.165, 1.54) is 6.42 Å². The van der Waals surface area contributed by atoms with Crippen molar-refractivity contribution in [1.29, 1.82) is 0 Å². The minimum absolute atomic E-state index is 0.253. The Balaban J connectivity index is 1.80. The summed E-state index contributed by atoms with van der Waals surface area (Å²) >= 11 is 6.08. The van der Waals surface area contributed by atoms with Gasteiger partial charge in [-0.15, -0.1) is 0 Å². The molecule has 1 fully saturated rings. The van der Waals surface area contributed by atoms with E-state index in [-0.39, 0.29) is 5.91 Å². The number of piperidine rings is 1. The van der Waals surface area contributed by atoms with Gasteiger partial charge in [-0.2, -0.15) is 0 Å². The number of nitrogens with one attached hydrogen (secondary N) is 1. The van der Waals surface area contributed by atoms with Crippen molar-refractivity contribution in [3.8, 4) is 0 Å². The fourth-order valence-corrected chi connectivity index (χ4v) is 2.85. The molecule has 0 spiro atoms. The number of hydrogen-bond acceptors (Lipinski definition) is 2. The molecule has 1 aromatic rings. The maximum atomic E-state index is 12.1. The highest BCUT2D eigenvalue weighted by molar-refractivity contribution is 6.31. The normalized spacial score (nSPS) is 18.9. The van der Waals surface area contributed by atoms with E-state index in [1.807, 2.05) is 30.0 Å². The number of carbonyl (C=O) groups excluding carboxylic acids is 1. The molecule has 1 heterocycles. The van der Waals surface area contributed by atoms with Crippen molar-refractivity contribution >= 4 is 23.2 Å². The Morgan fingerprint density at radius 3 is 3.05 bits per heavy atom. The van der Waals surface area contributed by atoms with Crippen molar-refractivity contribution in [3.63, 3.8) is 0 Å². The summed E-state index contributed by atoms with van der Waals surface area (Å²) < 4.78 is 0. The van der Waals surface area contributed by atoms with Crippen LogP contribution in [0.1, 0.15) is 31.7 Å². The van der Waals surface area contributed by atoms with Crippen LogP contribution in [0.25, 0.3) is 0 Å². The van der Waals surface area contributed by atoms with Gasteiger partial charge in [-0.05, 0) is 43.4 Å². The molecule has 1 aromatic carbocycles. The van der Waals surface area contributed by atoms with Gasteiger partial charge in [-0.1, -0.05) is 24.6 Å². The predicted octanol–water partition coefficient (Wildman–Crippen LogP) is 3.71. The SMILES string of the molecule is Cc1c(Cl)cccc1NCCC(=O)N1CCCC(C)C1. The number of carbonyl (C=O) groups is 1. The molecule has 0 aromatic heterocycles. The second-order valence-electron chi connectivity index (χ2n) is 5.68. The minimum Gasteiger partial charge on any atom is -0.384 e. The summed E-state index contributed by atoms with van der Waals surface area (Å²) in [4.78, 5) is 14.1. The van der Waals surface area contributed by atoms with Crippen LogP contribution < -0.4 is 5.32 Å². The zero-order valence-electron chi connectivity index (χ0n) is 12.3. The van der Waals surface area contributed by atoms with Crippen LogP contribution in [0.15, 0.2) is 18.2 Å². The molecule has 0 saturated carbocycles. The average Bonchev–Trinajstić information content (AvgIpc) is 2.43. The van der Waals surface area contributed by atoms with Gasteiger partial charge in [0.1, 0.15) is 0 Å². The van der Waals surface area contributed by atoms with Crippen LogP contribution in [0.2, 0.25) is 5.02 Å². The monoisotopic (exact) mass is 294 g/mol. The average molecular weight is 295 g/mol.